The van der Waals surface area contributed by atoms with Crippen LogP contribution >= 0.6 is 0 Å². The Bertz CT molecular complexity index is 347. The molecular weight excluding hydrogens is 238 g/mol. The Morgan fingerprint density at radius 2 is 1.95 bits per heavy atom. The zero-order valence-electron chi connectivity index (χ0n) is 11.8. The third-order valence-electron chi connectivity index (χ3n) is 3.77. The Hall–Kier alpha value is -0.900. The summed E-state index contributed by atoms with van der Waals surface area (Å²) in [5.74, 6) is 0.836. The van der Waals surface area contributed by atoms with Crippen molar-refractivity contribution in [2.24, 2.45) is 5.92 Å². The largest absolute Gasteiger partial charge is 0.389 e. The molecule has 0 amide bonds. The first-order chi connectivity index (χ1) is 9.24. The van der Waals surface area contributed by atoms with E-state index in [9.17, 15) is 5.11 Å². The first-order valence-corrected chi connectivity index (χ1v) is 7.26. The number of hydrogen-bond donors (Lipinski definition) is 1. The van der Waals surface area contributed by atoms with E-state index >= 15 is 0 Å². The normalized spacial score (nSPS) is 19.5. The van der Waals surface area contributed by atoms with E-state index in [0.29, 0.717) is 13.2 Å². The second-order valence-corrected chi connectivity index (χ2v) is 5.64. The molecule has 1 N–H and O–H groups in total. The molecule has 1 fully saturated rings. The Morgan fingerprint density at radius 1 is 1.26 bits per heavy atom. The first kappa shape index (κ1) is 14.5. The molecule has 1 aliphatic heterocycles. The molecule has 0 spiro atoms. The van der Waals surface area contributed by atoms with E-state index < -0.39 is 0 Å². The van der Waals surface area contributed by atoms with Gasteiger partial charge in [0.1, 0.15) is 0 Å². The number of aliphatic hydroxyl groups is 1. The molecule has 19 heavy (non-hydrogen) atoms. The summed E-state index contributed by atoms with van der Waals surface area (Å²) < 4.78 is 5.57. The molecular formula is C16H25NO2. The van der Waals surface area contributed by atoms with Crippen LogP contribution in [0.1, 0.15) is 25.3 Å². The second kappa shape index (κ2) is 7.63. The molecule has 1 aliphatic rings. The predicted molar refractivity (Wildman–Crippen MR) is 76.9 cm³/mol. The fraction of sp³-hybridized carbons (Fsp3) is 0.625. The summed E-state index contributed by atoms with van der Waals surface area (Å²) >= 11 is 0. The van der Waals surface area contributed by atoms with Crippen molar-refractivity contribution in [1.82, 2.24) is 4.90 Å². The van der Waals surface area contributed by atoms with Crippen LogP contribution in [0.25, 0.3) is 0 Å². The summed E-state index contributed by atoms with van der Waals surface area (Å²) in [6, 6.07) is 10.1. The van der Waals surface area contributed by atoms with Crippen LogP contribution in [-0.2, 0) is 11.3 Å². The lowest BCUT2D eigenvalue weighted by Crippen LogP contribution is -2.39. The van der Waals surface area contributed by atoms with Gasteiger partial charge >= 0.3 is 0 Å². The third kappa shape index (κ3) is 5.31. The minimum absolute atomic E-state index is 0.378. The molecule has 0 radical (unpaired) electrons. The van der Waals surface area contributed by atoms with E-state index in [2.05, 4.69) is 11.8 Å². The van der Waals surface area contributed by atoms with Crippen molar-refractivity contribution in [3.05, 3.63) is 35.9 Å². The monoisotopic (exact) mass is 263 g/mol. The van der Waals surface area contributed by atoms with Gasteiger partial charge in [0.05, 0.1) is 19.3 Å². The van der Waals surface area contributed by atoms with Crippen LogP contribution in [-0.4, -0.2) is 42.4 Å². The standard InChI is InChI=1S/C16H25NO2/c1-14-7-9-17(10-8-14)11-16(18)13-19-12-15-5-3-2-4-6-15/h2-6,14,16,18H,7-13H2,1H3/t16-/m0/s1. The Morgan fingerprint density at radius 3 is 2.63 bits per heavy atom. The summed E-state index contributed by atoms with van der Waals surface area (Å²) in [5.41, 5.74) is 1.15. The number of likely N-dealkylation sites (tertiary alicyclic amines) is 1. The molecule has 3 heteroatoms. The number of aliphatic hydroxyl groups excluding tert-OH is 1. The van der Waals surface area contributed by atoms with Gasteiger partial charge < -0.3 is 14.7 Å². The minimum Gasteiger partial charge on any atom is -0.389 e. The average Bonchev–Trinajstić information content (AvgIpc) is 2.43. The number of piperidine rings is 1. The van der Waals surface area contributed by atoms with E-state index in [1.54, 1.807) is 0 Å². The molecule has 106 valence electrons. The van der Waals surface area contributed by atoms with Crippen molar-refractivity contribution < 1.29 is 9.84 Å². The van der Waals surface area contributed by atoms with Gasteiger partial charge in [-0.3, -0.25) is 0 Å². The molecule has 1 aromatic rings. The minimum atomic E-state index is -0.378. The van der Waals surface area contributed by atoms with Crippen LogP contribution in [0.5, 0.6) is 0 Å². The Labute approximate surface area is 116 Å². The van der Waals surface area contributed by atoms with Gasteiger partial charge in [-0.2, -0.15) is 0 Å². The Kier molecular flexibility index (Phi) is 5.83. The van der Waals surface area contributed by atoms with Gasteiger partial charge in [0, 0.05) is 6.54 Å². The fourth-order valence-corrected chi connectivity index (χ4v) is 2.48. The SMILES string of the molecule is CC1CCN(C[C@H](O)COCc2ccccc2)CC1. The highest BCUT2D eigenvalue weighted by Gasteiger charge is 2.18. The molecule has 1 aromatic carbocycles. The summed E-state index contributed by atoms with van der Waals surface area (Å²) in [4.78, 5) is 2.34. The second-order valence-electron chi connectivity index (χ2n) is 5.64. The summed E-state index contributed by atoms with van der Waals surface area (Å²) in [6.07, 6.45) is 2.12. The van der Waals surface area contributed by atoms with Gasteiger partial charge in [-0.1, -0.05) is 37.3 Å². The highest BCUT2D eigenvalue weighted by atomic mass is 16.5. The number of hydrogen-bond acceptors (Lipinski definition) is 3. The molecule has 2 rings (SSSR count). The topological polar surface area (TPSA) is 32.7 Å². The molecule has 0 aromatic heterocycles. The van der Waals surface area contributed by atoms with Crippen molar-refractivity contribution in [2.75, 3.05) is 26.2 Å². The molecule has 1 heterocycles. The predicted octanol–water partition coefficient (Wildman–Crippen LogP) is 2.30. The van der Waals surface area contributed by atoms with Gasteiger partial charge in [-0.05, 0) is 37.4 Å². The molecule has 0 aliphatic carbocycles. The van der Waals surface area contributed by atoms with Gasteiger partial charge in [0.25, 0.3) is 0 Å². The molecule has 0 unspecified atom stereocenters. The van der Waals surface area contributed by atoms with Crippen molar-refractivity contribution >= 4 is 0 Å². The molecule has 3 nitrogen and oxygen atoms in total. The van der Waals surface area contributed by atoms with Crippen molar-refractivity contribution in [1.29, 1.82) is 0 Å². The van der Waals surface area contributed by atoms with Gasteiger partial charge in [0.2, 0.25) is 0 Å². The maximum atomic E-state index is 9.98. The average molecular weight is 263 g/mol. The maximum absolute atomic E-state index is 9.98. The summed E-state index contributed by atoms with van der Waals surface area (Å²) in [7, 11) is 0. The molecule has 1 saturated heterocycles. The summed E-state index contributed by atoms with van der Waals surface area (Å²) in [5, 5.41) is 9.98. The number of benzene rings is 1. The van der Waals surface area contributed by atoms with E-state index in [1.807, 2.05) is 30.3 Å². The zero-order valence-corrected chi connectivity index (χ0v) is 11.8. The molecule has 0 saturated carbocycles. The van der Waals surface area contributed by atoms with Gasteiger partial charge in [-0.15, -0.1) is 0 Å². The Balaban J connectivity index is 1.61. The van der Waals surface area contributed by atoms with E-state index in [4.69, 9.17) is 4.74 Å². The van der Waals surface area contributed by atoms with E-state index in [-0.39, 0.29) is 6.10 Å². The number of β-amino-alcohol motifs (C(OH)–C–C–N with tert-alkyl or cyclic N) is 1. The van der Waals surface area contributed by atoms with E-state index in [1.165, 1.54) is 12.8 Å². The molecule has 1 atom stereocenters. The number of rotatable bonds is 6. The summed E-state index contributed by atoms with van der Waals surface area (Å²) in [6.45, 7) is 6.25. The highest BCUT2D eigenvalue weighted by molar-refractivity contribution is 5.13. The smallest absolute Gasteiger partial charge is 0.0900 e. The van der Waals surface area contributed by atoms with Crippen LogP contribution in [0.4, 0.5) is 0 Å². The zero-order chi connectivity index (χ0) is 13.5. The number of nitrogens with zero attached hydrogens (tertiary/aromatic N) is 1. The lowest BCUT2D eigenvalue weighted by atomic mass is 9.99. The molecule has 0 bridgehead atoms. The third-order valence-corrected chi connectivity index (χ3v) is 3.77. The van der Waals surface area contributed by atoms with E-state index in [0.717, 1.165) is 31.1 Å². The van der Waals surface area contributed by atoms with Crippen molar-refractivity contribution in [2.45, 2.75) is 32.5 Å². The number of ether oxygens (including phenoxy) is 1. The van der Waals surface area contributed by atoms with Gasteiger partial charge in [0.15, 0.2) is 0 Å². The van der Waals surface area contributed by atoms with Crippen LogP contribution in [0.3, 0.4) is 0 Å². The van der Waals surface area contributed by atoms with Crippen LogP contribution < -0.4 is 0 Å². The highest BCUT2D eigenvalue weighted by Crippen LogP contribution is 2.16. The van der Waals surface area contributed by atoms with Crippen LogP contribution in [0.2, 0.25) is 0 Å². The first-order valence-electron chi connectivity index (χ1n) is 7.26. The quantitative estimate of drug-likeness (QED) is 0.855. The lowest BCUT2D eigenvalue weighted by molar-refractivity contribution is 0.00497. The van der Waals surface area contributed by atoms with Crippen molar-refractivity contribution in [3.8, 4) is 0 Å². The fourth-order valence-electron chi connectivity index (χ4n) is 2.48. The van der Waals surface area contributed by atoms with Crippen LogP contribution in [0.15, 0.2) is 30.3 Å². The van der Waals surface area contributed by atoms with Gasteiger partial charge in [-0.25, -0.2) is 0 Å². The van der Waals surface area contributed by atoms with Crippen molar-refractivity contribution in [3.63, 3.8) is 0 Å². The lowest BCUT2D eigenvalue weighted by Gasteiger charge is -2.31. The van der Waals surface area contributed by atoms with Crippen LogP contribution in [0, 0.1) is 5.92 Å². The maximum Gasteiger partial charge on any atom is 0.0900 e.